The minimum absolute atomic E-state index is 0.186. The molecule has 5 heteroatoms. The Bertz CT molecular complexity index is 541. The van der Waals surface area contributed by atoms with Crippen LogP contribution in [0.25, 0.3) is 0 Å². The maximum absolute atomic E-state index is 12.1. The topological polar surface area (TPSA) is 55.4 Å². The van der Waals surface area contributed by atoms with Crippen LogP contribution in [-0.4, -0.2) is 22.7 Å². The molecule has 1 aromatic rings. The number of ether oxygens (including phenoxy) is 1. The van der Waals surface area contributed by atoms with E-state index in [0.29, 0.717) is 0 Å². The van der Waals surface area contributed by atoms with Crippen LogP contribution in [0.1, 0.15) is 13.8 Å². The molecular weight excluding hydrogens is 250 g/mol. The molecule has 3 rings (SSSR count). The number of hydrogen-bond acceptors (Lipinski definition) is 4. The summed E-state index contributed by atoms with van der Waals surface area (Å²) in [6.45, 7) is 3.70. The van der Waals surface area contributed by atoms with E-state index in [-0.39, 0.29) is 11.2 Å². The van der Waals surface area contributed by atoms with E-state index in [1.807, 2.05) is 38.1 Å². The number of cyclic esters (lactones) is 1. The molecule has 2 heterocycles. The van der Waals surface area contributed by atoms with Gasteiger partial charge in [0.15, 0.2) is 5.92 Å². The average Bonchev–Trinajstić information content (AvgIpc) is 2.44. The highest BCUT2D eigenvalue weighted by molar-refractivity contribution is 8.00. The van der Waals surface area contributed by atoms with Crippen molar-refractivity contribution in [2.24, 2.45) is 5.92 Å². The van der Waals surface area contributed by atoms with Gasteiger partial charge in [0.2, 0.25) is 5.91 Å². The minimum atomic E-state index is -0.725. The van der Waals surface area contributed by atoms with Crippen molar-refractivity contribution in [3.8, 4) is 0 Å². The standard InChI is InChI=1S/C13H13NO3S/c1-13(2)10-9(12(16)17-13)11(15)14-7-5-3-4-6-8(7)18-10/h3-6,9-10H,1-2H3,(H,14,15). The Morgan fingerprint density at radius 3 is 2.78 bits per heavy atom. The van der Waals surface area contributed by atoms with Gasteiger partial charge in [-0.05, 0) is 26.0 Å². The summed E-state index contributed by atoms with van der Waals surface area (Å²) >= 11 is 1.53. The summed E-state index contributed by atoms with van der Waals surface area (Å²) in [6, 6.07) is 7.58. The van der Waals surface area contributed by atoms with Gasteiger partial charge in [-0.1, -0.05) is 12.1 Å². The number of amides is 1. The summed E-state index contributed by atoms with van der Waals surface area (Å²) in [5.41, 5.74) is 0.145. The van der Waals surface area contributed by atoms with Crippen LogP contribution in [-0.2, 0) is 14.3 Å². The Morgan fingerprint density at radius 2 is 2.00 bits per heavy atom. The van der Waals surface area contributed by atoms with Crippen molar-refractivity contribution in [1.82, 2.24) is 0 Å². The van der Waals surface area contributed by atoms with Gasteiger partial charge in [-0.3, -0.25) is 9.59 Å². The highest BCUT2D eigenvalue weighted by Crippen LogP contribution is 2.47. The van der Waals surface area contributed by atoms with Crippen LogP contribution < -0.4 is 5.32 Å². The van der Waals surface area contributed by atoms with Crippen LogP contribution in [0.3, 0.4) is 0 Å². The molecule has 1 N–H and O–H groups in total. The second-order valence-electron chi connectivity index (χ2n) is 5.03. The van der Waals surface area contributed by atoms with Crippen molar-refractivity contribution in [1.29, 1.82) is 0 Å². The van der Waals surface area contributed by atoms with Crippen LogP contribution in [0.2, 0.25) is 0 Å². The van der Waals surface area contributed by atoms with Crippen molar-refractivity contribution in [3.05, 3.63) is 24.3 Å². The summed E-state index contributed by atoms with van der Waals surface area (Å²) in [6.07, 6.45) is 0. The average molecular weight is 263 g/mol. The van der Waals surface area contributed by atoms with Crippen LogP contribution in [0.4, 0.5) is 5.69 Å². The summed E-state index contributed by atoms with van der Waals surface area (Å²) in [5, 5.41) is 2.61. The smallest absolute Gasteiger partial charge is 0.320 e. The summed E-state index contributed by atoms with van der Waals surface area (Å²) in [4.78, 5) is 25.0. The van der Waals surface area contributed by atoms with E-state index in [4.69, 9.17) is 4.74 Å². The number of thioether (sulfide) groups is 1. The lowest BCUT2D eigenvalue weighted by Crippen LogP contribution is -2.36. The van der Waals surface area contributed by atoms with Gasteiger partial charge in [0.1, 0.15) is 5.60 Å². The molecule has 0 aromatic heterocycles. The van der Waals surface area contributed by atoms with E-state index in [9.17, 15) is 9.59 Å². The lowest BCUT2D eigenvalue weighted by molar-refractivity contribution is -0.149. The Balaban J connectivity index is 2.08. The molecule has 1 saturated heterocycles. The predicted octanol–water partition coefficient (Wildman–Crippen LogP) is 2.05. The third-order valence-corrected chi connectivity index (χ3v) is 4.99. The molecule has 1 fully saturated rings. The van der Waals surface area contributed by atoms with Gasteiger partial charge in [0.05, 0.1) is 10.9 Å². The third kappa shape index (κ3) is 1.61. The largest absolute Gasteiger partial charge is 0.458 e. The molecule has 0 aliphatic carbocycles. The first kappa shape index (κ1) is 11.6. The number of carbonyl (C=O) groups is 2. The maximum atomic E-state index is 12.1. The number of fused-ring (bicyclic) bond motifs is 2. The molecular formula is C13H13NO3S. The molecule has 2 aliphatic heterocycles. The number of para-hydroxylation sites is 1. The van der Waals surface area contributed by atoms with Crippen molar-refractivity contribution < 1.29 is 14.3 Å². The lowest BCUT2D eigenvalue weighted by Gasteiger charge is -2.24. The summed E-state index contributed by atoms with van der Waals surface area (Å²) in [5.74, 6) is -1.42. The molecule has 2 unspecified atom stereocenters. The minimum Gasteiger partial charge on any atom is -0.458 e. The molecule has 0 spiro atoms. The highest BCUT2D eigenvalue weighted by Gasteiger charge is 2.55. The van der Waals surface area contributed by atoms with Crippen LogP contribution in [0.15, 0.2) is 29.2 Å². The monoisotopic (exact) mass is 263 g/mol. The molecule has 1 amide bonds. The van der Waals surface area contributed by atoms with Gasteiger partial charge in [0, 0.05) is 4.90 Å². The van der Waals surface area contributed by atoms with Gasteiger partial charge in [-0.25, -0.2) is 0 Å². The number of rotatable bonds is 0. The van der Waals surface area contributed by atoms with Crippen molar-refractivity contribution in [3.63, 3.8) is 0 Å². The van der Waals surface area contributed by atoms with Gasteiger partial charge in [-0.15, -0.1) is 11.8 Å². The molecule has 18 heavy (non-hydrogen) atoms. The number of benzene rings is 1. The van der Waals surface area contributed by atoms with Crippen LogP contribution in [0.5, 0.6) is 0 Å². The van der Waals surface area contributed by atoms with E-state index < -0.39 is 17.5 Å². The first-order valence-corrected chi connectivity index (χ1v) is 6.66. The molecule has 2 aliphatic rings. The molecule has 0 bridgehead atoms. The molecule has 0 radical (unpaired) electrons. The zero-order valence-corrected chi connectivity index (χ0v) is 10.9. The van der Waals surface area contributed by atoms with E-state index in [1.165, 1.54) is 11.8 Å². The van der Waals surface area contributed by atoms with Crippen LogP contribution >= 0.6 is 11.8 Å². The normalized spacial score (nSPS) is 28.8. The Morgan fingerprint density at radius 1 is 1.28 bits per heavy atom. The number of hydrogen-bond donors (Lipinski definition) is 1. The number of esters is 1. The van der Waals surface area contributed by atoms with E-state index in [2.05, 4.69) is 5.32 Å². The fourth-order valence-electron chi connectivity index (χ4n) is 2.38. The zero-order valence-electron chi connectivity index (χ0n) is 10.1. The predicted molar refractivity (Wildman–Crippen MR) is 68.4 cm³/mol. The fraction of sp³-hybridized carbons (Fsp3) is 0.385. The highest BCUT2D eigenvalue weighted by atomic mass is 32.2. The number of anilines is 1. The fourth-order valence-corrected chi connectivity index (χ4v) is 3.76. The lowest BCUT2D eigenvalue weighted by atomic mass is 9.96. The maximum Gasteiger partial charge on any atom is 0.320 e. The van der Waals surface area contributed by atoms with Crippen LogP contribution in [0, 0.1) is 5.92 Å². The van der Waals surface area contributed by atoms with Crippen molar-refractivity contribution in [2.45, 2.75) is 29.6 Å². The number of carbonyl (C=O) groups excluding carboxylic acids is 2. The molecule has 1 aromatic carbocycles. The van der Waals surface area contributed by atoms with Crippen molar-refractivity contribution >= 4 is 29.3 Å². The Kier molecular flexibility index (Phi) is 2.41. The third-order valence-electron chi connectivity index (χ3n) is 3.29. The quantitative estimate of drug-likeness (QED) is 0.575. The van der Waals surface area contributed by atoms with Gasteiger partial charge in [-0.2, -0.15) is 0 Å². The first-order valence-electron chi connectivity index (χ1n) is 5.78. The summed E-state index contributed by atoms with van der Waals surface area (Å²) < 4.78 is 5.32. The second-order valence-corrected chi connectivity index (χ2v) is 6.21. The Labute approximate surface area is 109 Å². The SMILES string of the molecule is CC1(C)OC(=O)C2C(=O)Nc3ccccc3SC21. The van der Waals surface area contributed by atoms with E-state index in [1.54, 1.807) is 0 Å². The van der Waals surface area contributed by atoms with Gasteiger partial charge in [0.25, 0.3) is 0 Å². The molecule has 0 saturated carbocycles. The van der Waals surface area contributed by atoms with Crippen molar-refractivity contribution in [2.75, 3.05) is 5.32 Å². The molecule has 2 atom stereocenters. The van der Waals surface area contributed by atoms with E-state index in [0.717, 1.165) is 10.6 Å². The first-order chi connectivity index (χ1) is 8.49. The summed E-state index contributed by atoms with van der Waals surface area (Å²) in [7, 11) is 0. The van der Waals surface area contributed by atoms with Gasteiger partial charge >= 0.3 is 5.97 Å². The zero-order chi connectivity index (χ0) is 12.9. The molecule has 4 nitrogen and oxygen atoms in total. The van der Waals surface area contributed by atoms with E-state index >= 15 is 0 Å². The Hall–Kier alpha value is -1.49. The second kappa shape index (κ2) is 3.75. The number of nitrogens with one attached hydrogen (secondary N) is 1. The van der Waals surface area contributed by atoms with Gasteiger partial charge < -0.3 is 10.1 Å². The molecule has 94 valence electrons.